The van der Waals surface area contributed by atoms with Crippen LogP contribution in [0.1, 0.15) is 27.7 Å². The molecule has 2 unspecified atom stereocenters. The van der Waals surface area contributed by atoms with Crippen LogP contribution < -0.4 is 11.1 Å². The van der Waals surface area contributed by atoms with Crippen LogP contribution in [0.15, 0.2) is 0 Å². The third-order valence-electron chi connectivity index (χ3n) is 3.28. The minimum atomic E-state index is -0.687. The fraction of sp³-hybridized carbons (Fsp3) is 0.917. The van der Waals surface area contributed by atoms with E-state index >= 15 is 0 Å². The van der Waals surface area contributed by atoms with Gasteiger partial charge in [-0.25, -0.2) is 0 Å². The van der Waals surface area contributed by atoms with Crippen molar-refractivity contribution in [1.82, 2.24) is 10.2 Å². The van der Waals surface area contributed by atoms with Gasteiger partial charge in [-0.2, -0.15) is 0 Å². The molecule has 3 N–H and O–H groups in total. The fourth-order valence-corrected chi connectivity index (χ4v) is 2.43. The molecule has 0 radical (unpaired) electrons. The monoisotopic (exact) mass is 243 g/mol. The molecule has 100 valence electrons. The Balaban J connectivity index is 2.71. The smallest absolute Gasteiger partial charge is 0.238 e. The fourth-order valence-electron chi connectivity index (χ4n) is 2.43. The van der Waals surface area contributed by atoms with Crippen molar-refractivity contribution in [3.8, 4) is 0 Å². The number of likely N-dealkylation sites (N-methyl/N-ethyl adjacent to an activating group) is 1. The summed E-state index contributed by atoms with van der Waals surface area (Å²) in [6.45, 7) is 10.3. The van der Waals surface area contributed by atoms with Crippen molar-refractivity contribution in [2.24, 2.45) is 5.73 Å². The quantitative estimate of drug-likeness (QED) is 0.726. The third kappa shape index (κ3) is 3.66. The number of nitrogens with one attached hydrogen (secondary N) is 1. The van der Waals surface area contributed by atoms with Crippen molar-refractivity contribution in [1.29, 1.82) is 0 Å². The van der Waals surface area contributed by atoms with Crippen LogP contribution in [-0.2, 0) is 9.53 Å². The zero-order valence-corrected chi connectivity index (χ0v) is 11.5. The SMILES string of the molecule is CNC(C)(CN1CC(C)OC(C)(C)C1)C(N)=O. The van der Waals surface area contributed by atoms with Gasteiger partial charge >= 0.3 is 0 Å². The summed E-state index contributed by atoms with van der Waals surface area (Å²) in [5.41, 5.74) is 4.58. The van der Waals surface area contributed by atoms with E-state index in [1.807, 2.05) is 6.92 Å². The minimum absolute atomic E-state index is 0.174. The molecule has 1 saturated heterocycles. The van der Waals surface area contributed by atoms with Crippen LogP contribution in [0.4, 0.5) is 0 Å². The first kappa shape index (κ1) is 14.4. The Morgan fingerprint density at radius 2 is 2.24 bits per heavy atom. The van der Waals surface area contributed by atoms with Gasteiger partial charge in [-0.05, 0) is 34.7 Å². The molecule has 2 atom stereocenters. The highest BCUT2D eigenvalue weighted by atomic mass is 16.5. The first-order chi connectivity index (χ1) is 7.68. The van der Waals surface area contributed by atoms with Crippen molar-refractivity contribution in [2.45, 2.75) is 44.9 Å². The number of rotatable bonds is 4. The van der Waals surface area contributed by atoms with Gasteiger partial charge in [0, 0.05) is 19.6 Å². The summed E-state index contributed by atoms with van der Waals surface area (Å²) < 4.78 is 5.83. The van der Waals surface area contributed by atoms with Crippen LogP contribution in [0.3, 0.4) is 0 Å². The molecule has 1 aliphatic heterocycles. The van der Waals surface area contributed by atoms with E-state index < -0.39 is 5.54 Å². The highest BCUT2D eigenvalue weighted by Gasteiger charge is 2.37. The average Bonchev–Trinajstić information content (AvgIpc) is 2.13. The van der Waals surface area contributed by atoms with Gasteiger partial charge in [-0.3, -0.25) is 9.69 Å². The second-order valence-electron chi connectivity index (χ2n) is 5.80. The van der Waals surface area contributed by atoms with Crippen LogP contribution in [0, 0.1) is 0 Å². The number of ether oxygens (including phenoxy) is 1. The standard InChI is InChI=1S/C12H25N3O2/c1-9-6-15(7-11(2,3)17-9)8-12(4,14-5)10(13)16/h9,14H,6-8H2,1-5H3,(H2,13,16). The summed E-state index contributed by atoms with van der Waals surface area (Å²) in [5.74, 6) is -0.322. The molecule has 0 aliphatic carbocycles. The molecule has 1 amide bonds. The maximum absolute atomic E-state index is 11.5. The lowest BCUT2D eigenvalue weighted by atomic mass is 9.98. The predicted octanol–water partition coefficient (Wildman–Crippen LogP) is -0.0509. The maximum atomic E-state index is 11.5. The number of nitrogens with two attached hydrogens (primary N) is 1. The van der Waals surface area contributed by atoms with Gasteiger partial charge in [0.25, 0.3) is 0 Å². The van der Waals surface area contributed by atoms with E-state index in [9.17, 15) is 4.79 Å². The van der Waals surface area contributed by atoms with E-state index in [1.54, 1.807) is 7.05 Å². The molecule has 0 aromatic heterocycles. The number of carbonyl (C=O) groups is 1. The van der Waals surface area contributed by atoms with E-state index in [2.05, 4.69) is 31.0 Å². The summed E-state index contributed by atoms with van der Waals surface area (Å²) in [5, 5.41) is 3.01. The van der Waals surface area contributed by atoms with E-state index in [0.717, 1.165) is 13.1 Å². The van der Waals surface area contributed by atoms with Crippen LogP contribution >= 0.6 is 0 Å². The van der Waals surface area contributed by atoms with Crippen molar-refractivity contribution in [3.05, 3.63) is 0 Å². The van der Waals surface area contributed by atoms with E-state index in [1.165, 1.54) is 0 Å². The van der Waals surface area contributed by atoms with Crippen LogP contribution in [-0.4, -0.2) is 54.7 Å². The number of morpholine rings is 1. The number of amides is 1. The molecule has 0 aromatic carbocycles. The Morgan fingerprint density at radius 1 is 1.65 bits per heavy atom. The molecular formula is C12H25N3O2. The van der Waals surface area contributed by atoms with E-state index in [-0.39, 0.29) is 17.6 Å². The van der Waals surface area contributed by atoms with Crippen molar-refractivity contribution in [3.63, 3.8) is 0 Å². The molecule has 0 bridgehead atoms. The minimum Gasteiger partial charge on any atom is -0.370 e. The van der Waals surface area contributed by atoms with Crippen LogP contribution in [0.25, 0.3) is 0 Å². The summed E-state index contributed by atoms with van der Waals surface area (Å²) >= 11 is 0. The van der Waals surface area contributed by atoms with Crippen LogP contribution in [0.5, 0.6) is 0 Å². The molecule has 5 heteroatoms. The lowest BCUT2D eigenvalue weighted by molar-refractivity contribution is -0.139. The Morgan fingerprint density at radius 3 is 2.65 bits per heavy atom. The van der Waals surface area contributed by atoms with Gasteiger partial charge in [-0.15, -0.1) is 0 Å². The first-order valence-electron chi connectivity index (χ1n) is 6.07. The summed E-state index contributed by atoms with van der Waals surface area (Å²) in [6.07, 6.45) is 0.174. The normalized spacial score (nSPS) is 28.6. The van der Waals surface area contributed by atoms with Gasteiger partial charge in [0.05, 0.1) is 11.7 Å². The Hall–Kier alpha value is -0.650. The van der Waals surface area contributed by atoms with Gasteiger partial charge in [-0.1, -0.05) is 0 Å². The number of hydrogen-bond donors (Lipinski definition) is 2. The topological polar surface area (TPSA) is 67.6 Å². The van der Waals surface area contributed by atoms with Gasteiger partial charge < -0.3 is 15.8 Å². The van der Waals surface area contributed by atoms with E-state index in [4.69, 9.17) is 10.5 Å². The highest BCUT2D eigenvalue weighted by molar-refractivity contribution is 5.84. The molecule has 1 rings (SSSR count). The van der Waals surface area contributed by atoms with E-state index in [0.29, 0.717) is 6.54 Å². The van der Waals surface area contributed by atoms with Crippen LogP contribution in [0.2, 0.25) is 0 Å². The molecule has 0 spiro atoms. The third-order valence-corrected chi connectivity index (χ3v) is 3.28. The maximum Gasteiger partial charge on any atom is 0.238 e. The largest absolute Gasteiger partial charge is 0.370 e. The van der Waals surface area contributed by atoms with Crippen molar-refractivity contribution >= 4 is 5.91 Å². The second-order valence-corrected chi connectivity index (χ2v) is 5.80. The number of carbonyl (C=O) groups excluding carboxylic acids is 1. The van der Waals surface area contributed by atoms with Gasteiger partial charge in [0.2, 0.25) is 5.91 Å². The predicted molar refractivity (Wildman–Crippen MR) is 67.7 cm³/mol. The Bertz CT molecular complexity index is 293. The zero-order valence-electron chi connectivity index (χ0n) is 11.5. The molecule has 0 saturated carbocycles. The number of nitrogens with zero attached hydrogens (tertiary/aromatic N) is 1. The number of primary amides is 1. The summed E-state index contributed by atoms with van der Waals surface area (Å²) in [6, 6.07) is 0. The molecule has 5 nitrogen and oxygen atoms in total. The summed E-state index contributed by atoms with van der Waals surface area (Å²) in [4.78, 5) is 13.7. The number of hydrogen-bond acceptors (Lipinski definition) is 4. The molecule has 1 fully saturated rings. The molecule has 1 heterocycles. The molecule has 17 heavy (non-hydrogen) atoms. The highest BCUT2D eigenvalue weighted by Crippen LogP contribution is 2.22. The van der Waals surface area contributed by atoms with Gasteiger partial charge in [0.1, 0.15) is 5.54 Å². The molecule has 1 aliphatic rings. The second kappa shape index (κ2) is 4.92. The van der Waals surface area contributed by atoms with Crippen molar-refractivity contribution < 1.29 is 9.53 Å². The first-order valence-corrected chi connectivity index (χ1v) is 6.07. The van der Waals surface area contributed by atoms with Crippen molar-refractivity contribution in [2.75, 3.05) is 26.7 Å². The molecule has 0 aromatic rings. The molecular weight excluding hydrogens is 218 g/mol. The Kier molecular flexibility index (Phi) is 4.17. The Labute approximate surface area is 104 Å². The average molecular weight is 243 g/mol. The lowest BCUT2D eigenvalue weighted by Crippen LogP contribution is -2.62. The zero-order chi connectivity index (χ0) is 13.3. The summed E-state index contributed by atoms with van der Waals surface area (Å²) in [7, 11) is 1.76. The lowest BCUT2D eigenvalue weighted by Gasteiger charge is -2.44. The van der Waals surface area contributed by atoms with Gasteiger partial charge in [0.15, 0.2) is 0 Å².